The van der Waals surface area contributed by atoms with Crippen LogP contribution in [0.1, 0.15) is 47.9 Å². The maximum atomic E-state index is 12.2. The van der Waals surface area contributed by atoms with E-state index in [-0.39, 0.29) is 11.8 Å². The number of benzene rings is 1. The van der Waals surface area contributed by atoms with E-state index in [0.717, 1.165) is 6.42 Å². The number of aryl methyl sites for hydroxylation is 1. The molecule has 0 saturated carbocycles. The molecule has 1 amide bonds. The van der Waals surface area contributed by atoms with Crippen LogP contribution in [0.4, 0.5) is 0 Å². The molecular weight excluding hydrogens is 306 g/mol. The summed E-state index contributed by atoms with van der Waals surface area (Å²) in [6.45, 7) is 5.82. The first-order valence-corrected chi connectivity index (χ1v) is 8.10. The maximum absolute atomic E-state index is 12.2. The fourth-order valence-electron chi connectivity index (χ4n) is 2.46. The molecule has 0 aliphatic carbocycles. The average molecular weight is 329 g/mol. The average Bonchev–Trinajstić information content (AvgIpc) is 3.02. The number of rotatable bonds is 7. The smallest absolute Gasteiger partial charge is 0.342 e. The summed E-state index contributed by atoms with van der Waals surface area (Å²) in [4.78, 5) is 24.2. The van der Waals surface area contributed by atoms with Crippen LogP contribution in [0, 0.1) is 6.92 Å². The van der Waals surface area contributed by atoms with Crippen molar-refractivity contribution in [1.29, 1.82) is 0 Å². The van der Waals surface area contributed by atoms with Gasteiger partial charge in [0.05, 0.1) is 6.26 Å². The lowest BCUT2D eigenvalue weighted by Crippen LogP contribution is -2.38. The van der Waals surface area contributed by atoms with Crippen molar-refractivity contribution >= 4 is 11.9 Å². The number of esters is 1. The molecule has 0 spiro atoms. The van der Waals surface area contributed by atoms with Crippen LogP contribution in [0.3, 0.4) is 0 Å². The predicted octanol–water partition coefficient (Wildman–Crippen LogP) is 3.44. The Labute approximate surface area is 142 Å². The van der Waals surface area contributed by atoms with Crippen LogP contribution >= 0.6 is 0 Å². The Bertz CT molecular complexity index is 678. The highest BCUT2D eigenvalue weighted by atomic mass is 16.5. The lowest BCUT2D eigenvalue weighted by molar-refractivity contribution is -0.129. The van der Waals surface area contributed by atoms with Gasteiger partial charge in [0.25, 0.3) is 5.91 Å². The quantitative estimate of drug-likeness (QED) is 0.790. The normalized spacial score (nSPS) is 13.1. The monoisotopic (exact) mass is 329 g/mol. The Morgan fingerprint density at radius 2 is 1.92 bits per heavy atom. The molecule has 0 aliphatic heterocycles. The minimum Gasteiger partial charge on any atom is -0.469 e. The summed E-state index contributed by atoms with van der Waals surface area (Å²) in [5.41, 5.74) is 1.52. The van der Waals surface area contributed by atoms with Gasteiger partial charge in [0, 0.05) is 12.5 Å². The van der Waals surface area contributed by atoms with Gasteiger partial charge in [-0.15, -0.1) is 0 Å². The largest absolute Gasteiger partial charge is 0.469 e. The molecule has 1 heterocycles. The first kappa shape index (κ1) is 17.8. The van der Waals surface area contributed by atoms with E-state index < -0.39 is 12.1 Å². The summed E-state index contributed by atoms with van der Waals surface area (Å²) in [7, 11) is 0. The zero-order valence-corrected chi connectivity index (χ0v) is 14.2. The molecule has 5 nitrogen and oxygen atoms in total. The third-order valence-electron chi connectivity index (χ3n) is 4.02. The van der Waals surface area contributed by atoms with E-state index in [1.165, 1.54) is 17.9 Å². The topological polar surface area (TPSA) is 68.5 Å². The molecule has 2 aromatic rings. The number of amides is 1. The highest BCUT2D eigenvalue weighted by Crippen LogP contribution is 2.18. The van der Waals surface area contributed by atoms with Crippen molar-refractivity contribution in [2.24, 2.45) is 0 Å². The summed E-state index contributed by atoms with van der Waals surface area (Å²) in [5, 5.41) is 2.86. The van der Waals surface area contributed by atoms with Gasteiger partial charge in [-0.2, -0.15) is 0 Å². The van der Waals surface area contributed by atoms with Gasteiger partial charge in [-0.1, -0.05) is 37.3 Å². The molecule has 0 radical (unpaired) electrons. The van der Waals surface area contributed by atoms with Crippen molar-refractivity contribution in [2.75, 3.05) is 6.54 Å². The fourth-order valence-corrected chi connectivity index (χ4v) is 2.46. The van der Waals surface area contributed by atoms with Crippen molar-refractivity contribution in [2.45, 2.75) is 39.2 Å². The molecule has 1 aromatic carbocycles. The lowest BCUT2D eigenvalue weighted by atomic mass is 9.96. The first-order chi connectivity index (χ1) is 11.5. The van der Waals surface area contributed by atoms with Crippen molar-refractivity contribution < 1.29 is 18.7 Å². The Hall–Kier alpha value is -2.56. The van der Waals surface area contributed by atoms with Gasteiger partial charge in [-0.3, -0.25) is 4.79 Å². The number of carbonyl (C=O) groups excluding carboxylic acids is 2. The molecule has 1 N–H and O–H groups in total. The second-order valence-corrected chi connectivity index (χ2v) is 5.70. The minimum atomic E-state index is -0.861. The third-order valence-corrected chi connectivity index (χ3v) is 4.02. The molecule has 0 saturated heterocycles. The molecule has 0 fully saturated rings. The predicted molar refractivity (Wildman–Crippen MR) is 90.8 cm³/mol. The van der Waals surface area contributed by atoms with Crippen LogP contribution in [-0.4, -0.2) is 24.5 Å². The van der Waals surface area contributed by atoms with Gasteiger partial charge in [-0.05, 0) is 31.9 Å². The van der Waals surface area contributed by atoms with Crippen molar-refractivity contribution in [3.05, 3.63) is 59.5 Å². The molecule has 0 aliphatic rings. The van der Waals surface area contributed by atoms with Crippen LogP contribution in [0.5, 0.6) is 0 Å². The highest BCUT2D eigenvalue weighted by molar-refractivity contribution is 5.92. The van der Waals surface area contributed by atoms with E-state index >= 15 is 0 Å². The Morgan fingerprint density at radius 3 is 2.50 bits per heavy atom. The van der Waals surface area contributed by atoms with Crippen LogP contribution in [0.25, 0.3) is 0 Å². The van der Waals surface area contributed by atoms with Crippen LogP contribution in [0.15, 0.2) is 47.1 Å². The summed E-state index contributed by atoms with van der Waals surface area (Å²) in [5.74, 6) is -0.158. The number of hydrogen-bond donors (Lipinski definition) is 1. The molecule has 2 atom stereocenters. The standard InChI is InChI=1S/C19H23NO4/c1-4-15(16-8-6-5-7-9-16)12-20-18(21)14(3)24-19(22)17-10-11-23-13(17)2/h5-11,14-15H,4,12H2,1-3H3,(H,20,21)/t14-,15+/m1/s1. The number of hydrogen-bond acceptors (Lipinski definition) is 4. The van der Waals surface area contributed by atoms with E-state index in [4.69, 9.17) is 9.15 Å². The number of carbonyl (C=O) groups is 2. The van der Waals surface area contributed by atoms with Crippen molar-refractivity contribution in [3.8, 4) is 0 Å². The second-order valence-electron chi connectivity index (χ2n) is 5.70. The molecule has 128 valence electrons. The number of furan rings is 1. The molecule has 1 aromatic heterocycles. The van der Waals surface area contributed by atoms with E-state index in [1.807, 2.05) is 30.3 Å². The number of ether oxygens (including phenoxy) is 1. The Morgan fingerprint density at radius 1 is 1.21 bits per heavy atom. The van der Waals surface area contributed by atoms with Crippen molar-refractivity contribution in [3.63, 3.8) is 0 Å². The molecule has 5 heteroatoms. The zero-order chi connectivity index (χ0) is 17.5. The van der Waals surface area contributed by atoms with Gasteiger partial charge < -0.3 is 14.5 Å². The van der Waals surface area contributed by atoms with Crippen LogP contribution < -0.4 is 5.32 Å². The molecule has 2 rings (SSSR count). The minimum absolute atomic E-state index is 0.231. The van der Waals surface area contributed by atoms with Gasteiger partial charge in [0.1, 0.15) is 11.3 Å². The molecule has 0 unspecified atom stereocenters. The zero-order valence-electron chi connectivity index (χ0n) is 14.2. The van der Waals surface area contributed by atoms with Gasteiger partial charge in [-0.25, -0.2) is 4.79 Å². The van der Waals surface area contributed by atoms with Crippen molar-refractivity contribution in [1.82, 2.24) is 5.32 Å². The molecule has 24 heavy (non-hydrogen) atoms. The van der Waals surface area contributed by atoms with Gasteiger partial charge >= 0.3 is 5.97 Å². The highest BCUT2D eigenvalue weighted by Gasteiger charge is 2.21. The van der Waals surface area contributed by atoms with E-state index in [0.29, 0.717) is 17.9 Å². The second kappa shape index (κ2) is 8.34. The van der Waals surface area contributed by atoms with Gasteiger partial charge in [0.2, 0.25) is 0 Å². The maximum Gasteiger partial charge on any atom is 0.342 e. The molecule has 0 bridgehead atoms. The van der Waals surface area contributed by atoms with E-state index in [2.05, 4.69) is 12.2 Å². The number of nitrogens with one attached hydrogen (secondary N) is 1. The third kappa shape index (κ3) is 4.47. The SMILES string of the molecule is CC[C@@H](CNC(=O)[C@@H](C)OC(=O)c1ccoc1C)c1ccccc1. The van der Waals surface area contributed by atoms with Gasteiger partial charge in [0.15, 0.2) is 6.10 Å². The van der Waals surface area contributed by atoms with Crippen LogP contribution in [-0.2, 0) is 9.53 Å². The summed E-state index contributed by atoms with van der Waals surface area (Å²) < 4.78 is 10.3. The lowest BCUT2D eigenvalue weighted by Gasteiger charge is -2.18. The van der Waals surface area contributed by atoms with E-state index in [9.17, 15) is 9.59 Å². The summed E-state index contributed by atoms with van der Waals surface area (Å²) in [6, 6.07) is 11.6. The Kier molecular flexibility index (Phi) is 6.18. The summed E-state index contributed by atoms with van der Waals surface area (Å²) >= 11 is 0. The molecular formula is C19H23NO4. The first-order valence-electron chi connectivity index (χ1n) is 8.10. The summed E-state index contributed by atoms with van der Waals surface area (Å²) in [6.07, 6.45) is 1.47. The Balaban J connectivity index is 1.87. The van der Waals surface area contributed by atoms with Crippen LogP contribution in [0.2, 0.25) is 0 Å². The fraction of sp³-hybridized carbons (Fsp3) is 0.368. The van der Waals surface area contributed by atoms with E-state index in [1.54, 1.807) is 13.8 Å².